The fraction of sp³-hybridized carbons (Fsp3) is 0.154. The lowest BCUT2D eigenvalue weighted by Gasteiger charge is -2.14. The molecule has 3 rings (SSSR count). The molecule has 1 aromatic carbocycles. The summed E-state index contributed by atoms with van der Waals surface area (Å²) in [5.41, 5.74) is 2.33. The van der Waals surface area contributed by atoms with Crippen LogP contribution in [0.2, 0.25) is 0 Å². The van der Waals surface area contributed by atoms with Crippen molar-refractivity contribution in [3.63, 3.8) is 0 Å². The van der Waals surface area contributed by atoms with Gasteiger partial charge in [-0.25, -0.2) is 4.79 Å². The molecule has 2 heterocycles. The molecular weight excluding hydrogens is 408 g/mol. The van der Waals surface area contributed by atoms with Gasteiger partial charge in [0.1, 0.15) is 0 Å². The van der Waals surface area contributed by atoms with Gasteiger partial charge in [-0.1, -0.05) is 6.07 Å². The summed E-state index contributed by atoms with van der Waals surface area (Å²) in [6.45, 7) is 0. The summed E-state index contributed by atoms with van der Waals surface area (Å²) >= 11 is 8.67. The largest absolute Gasteiger partial charge is 0.417 e. The molecular formula is C13H10Br2N2O2S. The van der Waals surface area contributed by atoms with Crippen molar-refractivity contribution < 1.29 is 4.42 Å². The summed E-state index contributed by atoms with van der Waals surface area (Å²) in [5.74, 6) is -0.431. The number of rotatable bonds is 3. The highest BCUT2D eigenvalue weighted by molar-refractivity contribution is 9.13. The van der Waals surface area contributed by atoms with E-state index in [1.807, 2.05) is 25.2 Å². The number of fused-ring (bicyclic) bond motifs is 1. The Kier molecular flexibility index (Phi) is 3.85. The third-order valence-corrected chi connectivity index (χ3v) is 6.34. The fourth-order valence-electron chi connectivity index (χ4n) is 2.12. The minimum atomic E-state index is -0.431. The molecule has 4 nitrogen and oxygen atoms in total. The molecule has 0 radical (unpaired) electrons. The zero-order valence-corrected chi connectivity index (χ0v) is 14.4. The second kappa shape index (κ2) is 5.48. The van der Waals surface area contributed by atoms with E-state index in [9.17, 15) is 4.79 Å². The van der Waals surface area contributed by atoms with Crippen LogP contribution in [0.5, 0.6) is 0 Å². The molecule has 0 aliphatic rings. The van der Waals surface area contributed by atoms with Crippen molar-refractivity contribution in [3.8, 4) is 0 Å². The van der Waals surface area contributed by atoms with E-state index in [0.29, 0.717) is 11.1 Å². The Bertz CT molecular complexity index is 802. The van der Waals surface area contributed by atoms with Gasteiger partial charge < -0.3 is 9.73 Å². The molecule has 2 aromatic heterocycles. The number of thiophene rings is 1. The van der Waals surface area contributed by atoms with Gasteiger partial charge in [-0.3, -0.25) is 4.98 Å². The minimum absolute atomic E-state index is 0.0483. The SMILES string of the molecule is CNC(c1ccc2[nH]c(=O)oc2c1)c1cc(Br)c(Br)s1. The van der Waals surface area contributed by atoms with Gasteiger partial charge in [-0.15, -0.1) is 11.3 Å². The van der Waals surface area contributed by atoms with Crippen LogP contribution >= 0.6 is 43.2 Å². The zero-order valence-electron chi connectivity index (χ0n) is 10.4. The van der Waals surface area contributed by atoms with Crippen molar-refractivity contribution in [1.29, 1.82) is 0 Å². The smallest absolute Gasteiger partial charge is 0.408 e. The monoisotopic (exact) mass is 416 g/mol. The lowest BCUT2D eigenvalue weighted by atomic mass is 10.1. The minimum Gasteiger partial charge on any atom is -0.408 e. The van der Waals surface area contributed by atoms with Gasteiger partial charge in [0.05, 0.1) is 15.3 Å². The number of H-pyrrole nitrogens is 1. The van der Waals surface area contributed by atoms with E-state index in [-0.39, 0.29) is 6.04 Å². The summed E-state index contributed by atoms with van der Waals surface area (Å²) in [4.78, 5) is 15.0. The molecule has 0 bridgehead atoms. The van der Waals surface area contributed by atoms with Crippen LogP contribution < -0.4 is 11.1 Å². The molecule has 0 aliphatic carbocycles. The molecule has 7 heteroatoms. The van der Waals surface area contributed by atoms with Crippen molar-refractivity contribution in [1.82, 2.24) is 10.3 Å². The molecule has 0 saturated heterocycles. The molecule has 0 saturated carbocycles. The van der Waals surface area contributed by atoms with Crippen LogP contribution in [0.3, 0.4) is 0 Å². The molecule has 3 aromatic rings. The lowest BCUT2D eigenvalue weighted by Crippen LogP contribution is -2.16. The average Bonchev–Trinajstić information content (AvgIpc) is 2.93. The van der Waals surface area contributed by atoms with Gasteiger partial charge in [-0.05, 0) is 62.7 Å². The van der Waals surface area contributed by atoms with Crippen molar-refractivity contribution in [2.24, 2.45) is 0 Å². The molecule has 2 N–H and O–H groups in total. The maximum Gasteiger partial charge on any atom is 0.417 e. The van der Waals surface area contributed by atoms with E-state index in [1.54, 1.807) is 11.3 Å². The summed E-state index contributed by atoms with van der Waals surface area (Å²) in [6.07, 6.45) is 0. The molecule has 104 valence electrons. The Morgan fingerprint density at radius 1 is 1.35 bits per heavy atom. The van der Waals surface area contributed by atoms with E-state index < -0.39 is 5.76 Å². The molecule has 20 heavy (non-hydrogen) atoms. The Labute approximate surface area is 135 Å². The Balaban J connectivity index is 2.08. The van der Waals surface area contributed by atoms with E-state index >= 15 is 0 Å². The summed E-state index contributed by atoms with van der Waals surface area (Å²) in [7, 11) is 1.91. The van der Waals surface area contributed by atoms with Crippen molar-refractivity contribution in [2.45, 2.75) is 6.04 Å². The number of aromatic nitrogens is 1. The summed E-state index contributed by atoms with van der Waals surface area (Å²) in [5, 5.41) is 3.29. The van der Waals surface area contributed by atoms with E-state index in [1.165, 1.54) is 4.88 Å². The first-order chi connectivity index (χ1) is 9.58. The lowest BCUT2D eigenvalue weighted by molar-refractivity contribution is 0.554. The van der Waals surface area contributed by atoms with Crippen LogP contribution in [0.15, 0.2) is 41.7 Å². The van der Waals surface area contributed by atoms with E-state index in [4.69, 9.17) is 4.42 Å². The first-order valence-corrected chi connectivity index (χ1v) is 8.23. The molecule has 1 unspecified atom stereocenters. The molecule has 0 aliphatic heterocycles. The highest BCUT2D eigenvalue weighted by Crippen LogP contribution is 2.37. The van der Waals surface area contributed by atoms with Crippen LogP contribution in [0, 0.1) is 0 Å². The predicted octanol–water partition coefficient (Wildman–Crippen LogP) is 4.02. The second-order valence-corrected chi connectivity index (χ2v) is 7.52. The summed E-state index contributed by atoms with van der Waals surface area (Å²) < 4.78 is 7.21. The average molecular weight is 418 g/mol. The summed E-state index contributed by atoms with van der Waals surface area (Å²) in [6, 6.07) is 7.85. The highest BCUT2D eigenvalue weighted by Gasteiger charge is 2.17. The normalized spacial score (nSPS) is 12.9. The molecule has 1 atom stereocenters. The van der Waals surface area contributed by atoms with Crippen LogP contribution in [0.4, 0.5) is 0 Å². The number of hydrogen-bond acceptors (Lipinski definition) is 4. The molecule has 0 amide bonds. The van der Waals surface area contributed by atoms with Crippen LogP contribution in [0.1, 0.15) is 16.5 Å². The first-order valence-electron chi connectivity index (χ1n) is 5.83. The number of halogens is 2. The van der Waals surface area contributed by atoms with Gasteiger partial charge in [0, 0.05) is 9.35 Å². The topological polar surface area (TPSA) is 58.0 Å². The van der Waals surface area contributed by atoms with Gasteiger partial charge in [0.15, 0.2) is 5.58 Å². The predicted molar refractivity (Wildman–Crippen MR) is 87.5 cm³/mol. The molecule has 0 fully saturated rings. The number of oxazole rings is 1. The van der Waals surface area contributed by atoms with E-state index in [0.717, 1.165) is 13.8 Å². The van der Waals surface area contributed by atoms with Crippen LogP contribution in [-0.4, -0.2) is 12.0 Å². The maximum atomic E-state index is 11.2. The third-order valence-electron chi connectivity index (χ3n) is 3.02. The zero-order chi connectivity index (χ0) is 14.3. The second-order valence-electron chi connectivity index (χ2n) is 4.26. The number of aromatic amines is 1. The number of benzene rings is 1. The molecule has 0 spiro atoms. The van der Waals surface area contributed by atoms with Gasteiger partial charge in [-0.2, -0.15) is 0 Å². The Morgan fingerprint density at radius 3 is 2.80 bits per heavy atom. The van der Waals surface area contributed by atoms with Crippen LogP contribution in [-0.2, 0) is 0 Å². The van der Waals surface area contributed by atoms with Gasteiger partial charge in [0.25, 0.3) is 0 Å². The maximum absolute atomic E-state index is 11.2. The Morgan fingerprint density at radius 2 is 2.15 bits per heavy atom. The van der Waals surface area contributed by atoms with Gasteiger partial charge >= 0.3 is 5.76 Å². The fourth-order valence-corrected chi connectivity index (χ4v) is 4.35. The quantitative estimate of drug-likeness (QED) is 0.676. The van der Waals surface area contributed by atoms with Crippen LogP contribution in [0.25, 0.3) is 11.1 Å². The highest BCUT2D eigenvalue weighted by atomic mass is 79.9. The number of hydrogen-bond donors (Lipinski definition) is 2. The first kappa shape index (κ1) is 14.1. The Hall–Kier alpha value is -0.890. The van der Waals surface area contributed by atoms with E-state index in [2.05, 4.69) is 48.2 Å². The standard InChI is InChI=1S/C13H10Br2N2O2S/c1-16-11(10-5-7(14)12(15)20-10)6-2-3-8-9(4-6)19-13(18)17-8/h2-5,11,16H,1H3,(H,17,18). The van der Waals surface area contributed by atoms with Gasteiger partial charge in [0.2, 0.25) is 0 Å². The third kappa shape index (κ3) is 2.50. The van der Waals surface area contributed by atoms with Crippen molar-refractivity contribution >= 4 is 54.3 Å². The van der Waals surface area contributed by atoms with Crippen molar-refractivity contribution in [2.75, 3.05) is 7.05 Å². The van der Waals surface area contributed by atoms with Crippen molar-refractivity contribution in [3.05, 3.63) is 53.5 Å². The number of nitrogens with one attached hydrogen (secondary N) is 2.